The minimum Gasteiger partial charge on any atom is -0.494 e. The highest BCUT2D eigenvalue weighted by Gasteiger charge is 2.14. The van der Waals surface area contributed by atoms with Crippen LogP contribution < -0.4 is 24.4 Å². The van der Waals surface area contributed by atoms with Gasteiger partial charge in [0, 0.05) is 25.8 Å². The third-order valence-corrected chi connectivity index (χ3v) is 5.97. The molecule has 0 spiro atoms. The Morgan fingerprint density at radius 3 is 2.61 bits per heavy atom. The van der Waals surface area contributed by atoms with E-state index in [1.54, 1.807) is 0 Å². The molecule has 2 aromatic carbocycles. The molecule has 0 amide bonds. The van der Waals surface area contributed by atoms with E-state index in [0.29, 0.717) is 11.7 Å². The SMILES string of the molecule is C=CCN(C)CCCCCCOc1ccc(N(C)C(=S)NCc2ccc3c(c2)OCO3)cc1. The van der Waals surface area contributed by atoms with E-state index in [0.717, 1.165) is 54.6 Å². The lowest BCUT2D eigenvalue weighted by Crippen LogP contribution is -2.36. The molecule has 0 fully saturated rings. The third-order valence-electron chi connectivity index (χ3n) is 5.55. The molecule has 0 aromatic heterocycles. The molecule has 6 nitrogen and oxygen atoms in total. The Kier molecular flexibility index (Phi) is 9.84. The van der Waals surface area contributed by atoms with Crippen molar-refractivity contribution in [2.75, 3.05) is 45.5 Å². The zero-order valence-corrected chi connectivity index (χ0v) is 20.5. The molecule has 0 saturated heterocycles. The van der Waals surface area contributed by atoms with E-state index in [1.165, 1.54) is 19.3 Å². The van der Waals surface area contributed by atoms with E-state index in [1.807, 2.05) is 60.5 Å². The summed E-state index contributed by atoms with van der Waals surface area (Å²) in [4.78, 5) is 4.25. The Morgan fingerprint density at radius 1 is 1.06 bits per heavy atom. The summed E-state index contributed by atoms with van der Waals surface area (Å²) in [7, 11) is 4.09. The van der Waals surface area contributed by atoms with Gasteiger partial charge in [-0.1, -0.05) is 25.0 Å². The summed E-state index contributed by atoms with van der Waals surface area (Å²) in [5.74, 6) is 2.45. The van der Waals surface area contributed by atoms with E-state index < -0.39 is 0 Å². The molecule has 0 unspecified atom stereocenters. The maximum Gasteiger partial charge on any atom is 0.231 e. The van der Waals surface area contributed by atoms with Gasteiger partial charge in [0.25, 0.3) is 0 Å². The van der Waals surface area contributed by atoms with Crippen molar-refractivity contribution in [2.24, 2.45) is 0 Å². The first-order valence-corrected chi connectivity index (χ1v) is 11.9. The van der Waals surface area contributed by atoms with Crippen molar-refractivity contribution >= 4 is 23.0 Å². The average molecular weight is 470 g/mol. The standard InChI is InChI=1S/C26H35N3O3S/c1-4-15-28(2)16-7-5-6-8-17-30-23-12-10-22(11-13-23)29(3)26(33)27-19-21-9-14-24-25(18-21)32-20-31-24/h4,9-14,18H,1,5-8,15-17,19-20H2,2-3H3,(H,27,33). The number of hydrogen-bond acceptors (Lipinski definition) is 5. The van der Waals surface area contributed by atoms with Crippen molar-refractivity contribution in [3.8, 4) is 17.2 Å². The number of thiocarbonyl (C=S) groups is 1. The smallest absolute Gasteiger partial charge is 0.231 e. The molecule has 178 valence electrons. The topological polar surface area (TPSA) is 46.2 Å². The van der Waals surface area contributed by atoms with Crippen molar-refractivity contribution in [3.05, 3.63) is 60.7 Å². The Bertz CT molecular complexity index is 904. The van der Waals surface area contributed by atoms with Crippen LogP contribution in [0, 0.1) is 0 Å². The maximum absolute atomic E-state index is 5.90. The fourth-order valence-electron chi connectivity index (χ4n) is 3.57. The van der Waals surface area contributed by atoms with E-state index >= 15 is 0 Å². The first-order valence-electron chi connectivity index (χ1n) is 11.5. The summed E-state index contributed by atoms with van der Waals surface area (Å²) in [6.45, 7) is 7.49. The van der Waals surface area contributed by atoms with Gasteiger partial charge in [-0.2, -0.15) is 0 Å². The highest BCUT2D eigenvalue weighted by molar-refractivity contribution is 7.80. The van der Waals surface area contributed by atoms with Crippen LogP contribution in [0.5, 0.6) is 17.2 Å². The van der Waals surface area contributed by atoms with Gasteiger partial charge in [0.05, 0.1) is 6.61 Å². The highest BCUT2D eigenvalue weighted by Crippen LogP contribution is 2.32. The maximum atomic E-state index is 5.90. The van der Waals surface area contributed by atoms with E-state index in [9.17, 15) is 0 Å². The zero-order valence-electron chi connectivity index (χ0n) is 19.7. The van der Waals surface area contributed by atoms with Crippen LogP contribution in [0.15, 0.2) is 55.1 Å². The summed E-state index contributed by atoms with van der Waals surface area (Å²) in [6, 6.07) is 14.0. The lowest BCUT2D eigenvalue weighted by Gasteiger charge is -2.21. The lowest BCUT2D eigenvalue weighted by molar-refractivity contribution is 0.174. The molecule has 3 rings (SSSR count). The van der Waals surface area contributed by atoms with Crippen LogP contribution in [-0.4, -0.2) is 50.6 Å². The molecule has 0 bridgehead atoms. The van der Waals surface area contributed by atoms with Crippen molar-refractivity contribution in [1.29, 1.82) is 0 Å². The van der Waals surface area contributed by atoms with E-state index in [2.05, 4.69) is 23.8 Å². The number of unbranched alkanes of at least 4 members (excludes halogenated alkanes) is 3. The molecule has 0 radical (unpaired) electrons. The predicted molar refractivity (Wildman–Crippen MR) is 139 cm³/mol. The normalized spacial score (nSPS) is 12.0. The number of benzene rings is 2. The van der Waals surface area contributed by atoms with Gasteiger partial charge in [-0.05, 0) is 80.6 Å². The number of nitrogens with zero attached hydrogens (tertiary/aromatic N) is 2. The van der Waals surface area contributed by atoms with Crippen LogP contribution in [0.25, 0.3) is 0 Å². The molecule has 1 heterocycles. The van der Waals surface area contributed by atoms with Gasteiger partial charge < -0.3 is 29.3 Å². The quantitative estimate of drug-likeness (QED) is 0.252. The Balaban J connectivity index is 1.34. The van der Waals surface area contributed by atoms with E-state index in [-0.39, 0.29) is 6.79 Å². The van der Waals surface area contributed by atoms with Crippen LogP contribution in [0.3, 0.4) is 0 Å². The van der Waals surface area contributed by atoms with Gasteiger partial charge in [-0.25, -0.2) is 0 Å². The molecule has 0 aliphatic carbocycles. The minimum atomic E-state index is 0.279. The largest absolute Gasteiger partial charge is 0.494 e. The summed E-state index contributed by atoms with van der Waals surface area (Å²) >= 11 is 5.56. The number of rotatable bonds is 13. The second-order valence-corrected chi connectivity index (χ2v) is 8.60. The van der Waals surface area contributed by atoms with Gasteiger partial charge in [-0.3, -0.25) is 0 Å². The van der Waals surface area contributed by atoms with Gasteiger partial charge in [0.1, 0.15) is 5.75 Å². The summed E-state index contributed by atoms with van der Waals surface area (Å²) in [6.07, 6.45) is 6.65. The number of anilines is 1. The Labute approximate surface area is 203 Å². The van der Waals surface area contributed by atoms with Crippen molar-refractivity contribution < 1.29 is 14.2 Å². The van der Waals surface area contributed by atoms with Crippen LogP contribution in [-0.2, 0) is 6.54 Å². The second-order valence-electron chi connectivity index (χ2n) is 8.21. The average Bonchev–Trinajstić information content (AvgIpc) is 3.30. The van der Waals surface area contributed by atoms with Crippen LogP contribution >= 0.6 is 12.2 Å². The number of ether oxygens (including phenoxy) is 3. The molecule has 1 N–H and O–H groups in total. The van der Waals surface area contributed by atoms with Crippen LogP contribution in [0.4, 0.5) is 5.69 Å². The molecule has 7 heteroatoms. The zero-order chi connectivity index (χ0) is 23.5. The van der Waals surface area contributed by atoms with Crippen LogP contribution in [0.2, 0.25) is 0 Å². The molecule has 0 saturated carbocycles. The summed E-state index contributed by atoms with van der Waals surface area (Å²) in [5.41, 5.74) is 2.09. The fourth-order valence-corrected chi connectivity index (χ4v) is 3.75. The molecular weight excluding hydrogens is 434 g/mol. The molecule has 2 aromatic rings. The number of likely N-dealkylation sites (N-methyl/N-ethyl adjacent to an activating group) is 1. The third kappa shape index (κ3) is 7.94. The van der Waals surface area contributed by atoms with Gasteiger partial charge in [0.15, 0.2) is 16.6 Å². The number of nitrogens with one attached hydrogen (secondary N) is 1. The minimum absolute atomic E-state index is 0.279. The molecular formula is C26H35N3O3S. The van der Waals surface area contributed by atoms with Crippen molar-refractivity contribution in [3.63, 3.8) is 0 Å². The first kappa shape index (κ1) is 24.9. The molecule has 1 aliphatic rings. The summed E-state index contributed by atoms with van der Waals surface area (Å²) < 4.78 is 16.7. The molecule has 0 atom stereocenters. The van der Waals surface area contributed by atoms with Gasteiger partial charge in [0.2, 0.25) is 6.79 Å². The predicted octanol–water partition coefficient (Wildman–Crippen LogP) is 4.98. The number of fused-ring (bicyclic) bond motifs is 1. The van der Waals surface area contributed by atoms with E-state index in [4.69, 9.17) is 26.4 Å². The molecule has 33 heavy (non-hydrogen) atoms. The fraction of sp³-hybridized carbons (Fsp3) is 0.423. The second kappa shape index (κ2) is 13.1. The molecule has 1 aliphatic heterocycles. The Morgan fingerprint density at radius 2 is 1.82 bits per heavy atom. The Hall–Kier alpha value is -2.77. The first-order chi connectivity index (χ1) is 16.1. The monoisotopic (exact) mass is 469 g/mol. The van der Waals surface area contributed by atoms with Crippen LogP contribution in [0.1, 0.15) is 31.2 Å². The number of hydrogen-bond donors (Lipinski definition) is 1. The lowest BCUT2D eigenvalue weighted by atomic mass is 10.2. The van der Waals surface area contributed by atoms with Crippen molar-refractivity contribution in [2.45, 2.75) is 32.2 Å². The highest BCUT2D eigenvalue weighted by atomic mass is 32.1. The van der Waals surface area contributed by atoms with Gasteiger partial charge in [-0.15, -0.1) is 6.58 Å². The van der Waals surface area contributed by atoms with Gasteiger partial charge >= 0.3 is 0 Å². The summed E-state index contributed by atoms with van der Waals surface area (Å²) in [5, 5.41) is 3.95. The van der Waals surface area contributed by atoms with Crippen molar-refractivity contribution in [1.82, 2.24) is 10.2 Å².